The molecule has 4 saturated carbocycles. The van der Waals surface area contributed by atoms with Gasteiger partial charge in [-0.05, 0) is 99.3 Å². The van der Waals surface area contributed by atoms with Gasteiger partial charge in [0.25, 0.3) is 0 Å². The van der Waals surface area contributed by atoms with Gasteiger partial charge in [0.1, 0.15) is 5.78 Å². The summed E-state index contributed by atoms with van der Waals surface area (Å²) >= 11 is 0. The minimum absolute atomic E-state index is 0.236. The first-order valence-corrected chi connectivity index (χ1v) is 12.9. The fourth-order valence-electron chi connectivity index (χ4n) is 8.40. The summed E-state index contributed by atoms with van der Waals surface area (Å²) in [5.41, 5.74) is 7.09. The summed E-state index contributed by atoms with van der Waals surface area (Å²) in [6.07, 6.45) is 10.4. The maximum Gasteiger partial charge on any atom is 0.435 e. The summed E-state index contributed by atoms with van der Waals surface area (Å²) in [6, 6.07) is 0. The van der Waals surface area contributed by atoms with Crippen molar-refractivity contribution in [1.29, 1.82) is 0 Å². The third kappa shape index (κ3) is 4.01. The summed E-state index contributed by atoms with van der Waals surface area (Å²) in [7, 11) is 1.73. The summed E-state index contributed by atoms with van der Waals surface area (Å²) < 4.78 is 0. The molecule has 0 bridgehead atoms. The summed E-state index contributed by atoms with van der Waals surface area (Å²) in [4.78, 5) is 31.2. The molecule has 0 aromatic rings. The maximum atomic E-state index is 12.2. The molecule has 4 aliphatic carbocycles. The molecule has 32 heavy (non-hydrogen) atoms. The van der Waals surface area contributed by atoms with Crippen LogP contribution in [0.5, 0.6) is 0 Å². The quantitative estimate of drug-likeness (QED) is 0.366. The van der Waals surface area contributed by atoms with Crippen LogP contribution in [-0.4, -0.2) is 42.6 Å². The van der Waals surface area contributed by atoms with Crippen LogP contribution in [0.1, 0.15) is 85.0 Å². The second-order valence-corrected chi connectivity index (χ2v) is 11.7. The minimum Gasteiger partial charge on any atom is -0.330 e. The maximum absolute atomic E-state index is 12.2. The molecule has 0 unspecified atom stereocenters. The lowest BCUT2D eigenvalue weighted by atomic mass is 9.44. The normalized spacial score (nSPS) is 41.5. The van der Waals surface area contributed by atoms with Crippen LogP contribution in [0.25, 0.3) is 0 Å². The number of carbonyl (C=O) groups is 2. The topological polar surface area (TPSA) is 85.0 Å². The van der Waals surface area contributed by atoms with Gasteiger partial charge in [-0.3, -0.25) is 9.63 Å². The Labute approximate surface area is 193 Å². The van der Waals surface area contributed by atoms with E-state index in [4.69, 9.17) is 10.6 Å². The molecule has 0 spiro atoms. The molecule has 0 heterocycles. The van der Waals surface area contributed by atoms with Crippen molar-refractivity contribution < 1.29 is 14.4 Å². The smallest absolute Gasteiger partial charge is 0.330 e. The van der Waals surface area contributed by atoms with E-state index in [1.165, 1.54) is 32.1 Å². The number of amides is 1. The van der Waals surface area contributed by atoms with Crippen molar-refractivity contribution in [3.05, 3.63) is 0 Å². The molecular weight excluding hydrogens is 402 g/mol. The Morgan fingerprint density at radius 2 is 1.88 bits per heavy atom. The van der Waals surface area contributed by atoms with Crippen molar-refractivity contribution in [3.63, 3.8) is 0 Å². The molecule has 6 heteroatoms. The second-order valence-electron chi connectivity index (χ2n) is 11.7. The van der Waals surface area contributed by atoms with E-state index in [9.17, 15) is 9.59 Å². The van der Waals surface area contributed by atoms with E-state index >= 15 is 0 Å². The van der Waals surface area contributed by atoms with Crippen molar-refractivity contribution in [3.8, 4) is 0 Å². The Hall–Kier alpha value is -1.43. The van der Waals surface area contributed by atoms with Gasteiger partial charge in [0, 0.05) is 32.4 Å². The van der Waals surface area contributed by atoms with Gasteiger partial charge in [-0.15, -0.1) is 0 Å². The van der Waals surface area contributed by atoms with E-state index in [-0.39, 0.29) is 5.41 Å². The zero-order valence-corrected chi connectivity index (χ0v) is 20.6. The highest BCUT2D eigenvalue weighted by Crippen LogP contribution is 2.67. The number of hydrogen-bond donors (Lipinski definition) is 1. The number of nitrogens with zero attached hydrogens (tertiary/aromatic N) is 2. The van der Waals surface area contributed by atoms with E-state index < -0.39 is 6.09 Å². The fraction of sp³-hybridized carbons (Fsp3) is 0.885. The Kier molecular flexibility index (Phi) is 6.73. The Morgan fingerprint density at radius 3 is 2.62 bits per heavy atom. The number of carbonyl (C=O) groups excluding carboxylic acids is 2. The summed E-state index contributed by atoms with van der Waals surface area (Å²) in [5, 5.41) is 4.32. The molecule has 0 saturated heterocycles. The van der Waals surface area contributed by atoms with Crippen LogP contribution in [0.4, 0.5) is 4.79 Å². The van der Waals surface area contributed by atoms with Crippen LogP contribution < -0.4 is 5.73 Å². The van der Waals surface area contributed by atoms with Crippen LogP contribution in [0.2, 0.25) is 0 Å². The number of rotatable bonds is 5. The lowest BCUT2D eigenvalue weighted by Gasteiger charge is -2.60. The van der Waals surface area contributed by atoms with Crippen molar-refractivity contribution in [2.24, 2.45) is 51.3 Å². The molecule has 0 aromatic heterocycles. The zero-order chi connectivity index (χ0) is 23.1. The molecule has 180 valence electrons. The molecule has 2 N–H and O–H groups in total. The highest BCUT2D eigenvalue weighted by atomic mass is 16.7. The highest BCUT2D eigenvalue weighted by Gasteiger charge is 2.60. The Balaban J connectivity index is 1.45. The Morgan fingerprint density at radius 1 is 1.12 bits per heavy atom. The molecule has 4 rings (SSSR count). The first-order chi connectivity index (χ1) is 15.2. The average molecular weight is 446 g/mol. The number of oxime groups is 1. The largest absolute Gasteiger partial charge is 0.435 e. The van der Waals surface area contributed by atoms with Gasteiger partial charge in [0.2, 0.25) is 0 Å². The van der Waals surface area contributed by atoms with Gasteiger partial charge >= 0.3 is 6.09 Å². The van der Waals surface area contributed by atoms with E-state index in [0.717, 1.165) is 55.6 Å². The van der Waals surface area contributed by atoms with Gasteiger partial charge < -0.3 is 10.6 Å². The second kappa shape index (κ2) is 9.08. The van der Waals surface area contributed by atoms with Crippen LogP contribution in [0.3, 0.4) is 0 Å². The predicted molar refractivity (Wildman–Crippen MR) is 126 cm³/mol. The molecule has 7 atom stereocenters. The average Bonchev–Trinajstić information content (AvgIpc) is 3.13. The van der Waals surface area contributed by atoms with Crippen molar-refractivity contribution in [2.45, 2.75) is 85.0 Å². The number of fused-ring (bicyclic) bond motifs is 5. The minimum atomic E-state index is -0.403. The van der Waals surface area contributed by atoms with E-state index in [1.54, 1.807) is 11.9 Å². The van der Waals surface area contributed by atoms with Gasteiger partial charge in [-0.1, -0.05) is 19.0 Å². The number of nitrogens with two attached hydrogens (primary N) is 1. The number of Topliss-reactive ketones (excluding diaryl/α,β-unsaturated/α-hetero) is 1. The van der Waals surface area contributed by atoms with Gasteiger partial charge in [0.15, 0.2) is 0 Å². The number of hydrogen-bond acceptors (Lipinski definition) is 5. The third-order valence-electron chi connectivity index (χ3n) is 10.3. The highest BCUT2D eigenvalue weighted by molar-refractivity contribution is 5.85. The third-order valence-corrected chi connectivity index (χ3v) is 10.3. The molecule has 0 radical (unpaired) electrons. The molecular formula is C26H43N3O3. The van der Waals surface area contributed by atoms with Crippen molar-refractivity contribution in [1.82, 2.24) is 4.90 Å². The first kappa shape index (κ1) is 23.7. The van der Waals surface area contributed by atoms with E-state index in [0.29, 0.717) is 36.1 Å². The van der Waals surface area contributed by atoms with Crippen LogP contribution in [0.15, 0.2) is 5.16 Å². The van der Waals surface area contributed by atoms with Gasteiger partial charge in [-0.2, -0.15) is 0 Å². The predicted octanol–water partition coefficient (Wildman–Crippen LogP) is 5.01. The van der Waals surface area contributed by atoms with Crippen molar-refractivity contribution in [2.75, 3.05) is 20.1 Å². The number of ketones is 1. The molecule has 0 aliphatic heterocycles. The zero-order valence-electron chi connectivity index (χ0n) is 20.6. The SMILES string of the molecule is C/C(=N\OC(=O)N(C)CCCN)[C@H]1CC[C@H]2[C@@H]3CC[C@@H]4CC(=O)CC[C@]4(C)[C@H]3CC[C@]12C. The monoisotopic (exact) mass is 445 g/mol. The first-order valence-electron chi connectivity index (χ1n) is 12.9. The molecule has 6 nitrogen and oxygen atoms in total. The Bertz CT molecular complexity index is 767. The summed E-state index contributed by atoms with van der Waals surface area (Å²) in [6.45, 7) is 8.16. The van der Waals surface area contributed by atoms with Gasteiger partial charge in [0.05, 0.1) is 5.71 Å². The van der Waals surface area contributed by atoms with Crippen LogP contribution in [-0.2, 0) is 9.63 Å². The fourth-order valence-corrected chi connectivity index (χ4v) is 8.40. The standard InChI is InChI=1S/C26H43N3O3/c1-17(28-32-24(31)29(4)15-5-14-27)21-8-9-22-20-7-6-18-16-19(30)10-12-25(18,2)23(20)11-13-26(21,22)3/h18,20-23H,5-16,27H2,1-4H3/b28-17+/t18-,20+,21-,22+,23+,25+,26-/m1/s1. The van der Waals surface area contributed by atoms with Gasteiger partial charge in [-0.25, -0.2) is 4.79 Å². The molecule has 4 fully saturated rings. The lowest BCUT2D eigenvalue weighted by Crippen LogP contribution is -2.53. The van der Waals surface area contributed by atoms with E-state index in [2.05, 4.69) is 19.0 Å². The molecule has 1 amide bonds. The van der Waals surface area contributed by atoms with Crippen molar-refractivity contribution >= 4 is 17.6 Å². The van der Waals surface area contributed by atoms with E-state index in [1.807, 2.05) is 6.92 Å². The van der Waals surface area contributed by atoms with Crippen LogP contribution in [0, 0.1) is 40.4 Å². The lowest BCUT2D eigenvalue weighted by molar-refractivity contribution is -0.138. The molecule has 0 aromatic carbocycles. The molecule has 4 aliphatic rings. The van der Waals surface area contributed by atoms with Crippen LogP contribution >= 0.6 is 0 Å². The summed E-state index contributed by atoms with van der Waals surface area (Å²) in [5.74, 6) is 3.72.